The van der Waals surface area contributed by atoms with Crippen LogP contribution in [0.1, 0.15) is 30.0 Å². The average molecular weight is 274 g/mol. The molecule has 3 rings (SSSR count). The first kappa shape index (κ1) is 13.5. The van der Waals surface area contributed by atoms with E-state index in [0.717, 1.165) is 31.9 Å². The first-order valence-corrected chi connectivity index (χ1v) is 7.31. The van der Waals surface area contributed by atoms with Crippen LogP contribution >= 0.6 is 0 Å². The molecule has 1 N–H and O–H groups in total. The van der Waals surface area contributed by atoms with E-state index >= 15 is 0 Å². The molecule has 108 valence electrons. The van der Waals surface area contributed by atoms with Gasteiger partial charge >= 0.3 is 0 Å². The fraction of sp³-hybridized carbons (Fsp3) is 0.500. The van der Waals surface area contributed by atoms with Crippen molar-refractivity contribution in [2.45, 2.75) is 31.9 Å². The van der Waals surface area contributed by atoms with Crippen LogP contribution in [-0.4, -0.2) is 23.8 Å². The van der Waals surface area contributed by atoms with E-state index < -0.39 is 0 Å². The third kappa shape index (κ3) is 3.14. The third-order valence-electron chi connectivity index (χ3n) is 3.97. The van der Waals surface area contributed by atoms with Gasteiger partial charge in [-0.15, -0.1) is 0 Å². The molecule has 0 spiro atoms. The van der Waals surface area contributed by atoms with Gasteiger partial charge in [0.05, 0.1) is 12.4 Å². The van der Waals surface area contributed by atoms with Gasteiger partial charge < -0.3 is 19.0 Å². The van der Waals surface area contributed by atoms with Crippen molar-refractivity contribution in [3.63, 3.8) is 0 Å². The molecule has 20 heavy (non-hydrogen) atoms. The molecule has 3 heterocycles. The predicted octanol–water partition coefficient (Wildman–Crippen LogP) is 2.48. The predicted molar refractivity (Wildman–Crippen MR) is 77.6 cm³/mol. The lowest BCUT2D eigenvalue weighted by atomic mass is 10.2. The van der Waals surface area contributed by atoms with E-state index in [0.29, 0.717) is 6.10 Å². The lowest BCUT2D eigenvalue weighted by Crippen LogP contribution is -2.26. The summed E-state index contributed by atoms with van der Waals surface area (Å²) in [5, 5.41) is 3.49. The summed E-state index contributed by atoms with van der Waals surface area (Å²) in [6, 6.07) is 8.30. The van der Waals surface area contributed by atoms with Gasteiger partial charge in [-0.1, -0.05) is 0 Å². The van der Waals surface area contributed by atoms with Gasteiger partial charge in [0.2, 0.25) is 0 Å². The van der Waals surface area contributed by atoms with Crippen LogP contribution in [0.2, 0.25) is 0 Å². The Bertz CT molecular complexity index is 525. The van der Waals surface area contributed by atoms with Crippen molar-refractivity contribution in [1.29, 1.82) is 0 Å². The Balaban J connectivity index is 1.53. The van der Waals surface area contributed by atoms with Crippen LogP contribution in [0, 0.1) is 0 Å². The van der Waals surface area contributed by atoms with Crippen molar-refractivity contribution >= 4 is 0 Å². The second-order valence-corrected chi connectivity index (χ2v) is 5.40. The molecule has 2 aromatic rings. The Morgan fingerprint density at radius 3 is 2.95 bits per heavy atom. The number of ether oxygens (including phenoxy) is 1. The quantitative estimate of drug-likeness (QED) is 0.879. The van der Waals surface area contributed by atoms with Crippen molar-refractivity contribution in [2.75, 3.05) is 13.2 Å². The van der Waals surface area contributed by atoms with Gasteiger partial charge in [0.15, 0.2) is 0 Å². The van der Waals surface area contributed by atoms with Crippen LogP contribution in [0.25, 0.3) is 0 Å². The van der Waals surface area contributed by atoms with Gasteiger partial charge in [0.1, 0.15) is 5.76 Å². The molecule has 0 amide bonds. The molecule has 0 saturated carbocycles. The van der Waals surface area contributed by atoms with E-state index in [1.165, 1.54) is 24.2 Å². The smallest absolute Gasteiger partial charge is 0.109 e. The molecule has 1 fully saturated rings. The number of nitrogens with zero attached hydrogens (tertiary/aromatic N) is 1. The third-order valence-corrected chi connectivity index (χ3v) is 3.97. The minimum absolute atomic E-state index is 0.401. The summed E-state index contributed by atoms with van der Waals surface area (Å²) in [6.07, 6.45) is 5.35. The Labute approximate surface area is 119 Å². The first-order chi connectivity index (χ1) is 9.83. The number of hydrogen-bond acceptors (Lipinski definition) is 3. The van der Waals surface area contributed by atoms with Crippen LogP contribution in [0.3, 0.4) is 0 Å². The highest BCUT2D eigenvalue weighted by molar-refractivity contribution is 5.20. The summed E-state index contributed by atoms with van der Waals surface area (Å²) in [5.74, 6) is 1.00. The minimum Gasteiger partial charge on any atom is -0.469 e. The lowest BCUT2D eigenvalue weighted by Gasteiger charge is -2.12. The maximum absolute atomic E-state index is 5.61. The van der Waals surface area contributed by atoms with E-state index in [9.17, 15) is 0 Å². The lowest BCUT2D eigenvalue weighted by molar-refractivity contribution is 0.110. The van der Waals surface area contributed by atoms with E-state index in [4.69, 9.17) is 9.15 Å². The summed E-state index contributed by atoms with van der Waals surface area (Å²) < 4.78 is 13.3. The molecule has 1 aliphatic rings. The van der Waals surface area contributed by atoms with Crippen LogP contribution in [0.4, 0.5) is 0 Å². The number of nitrogens with one attached hydrogen (secondary N) is 1. The number of aromatic nitrogens is 1. The second-order valence-electron chi connectivity index (χ2n) is 5.40. The zero-order valence-electron chi connectivity index (χ0n) is 12.0. The van der Waals surface area contributed by atoms with Crippen molar-refractivity contribution in [3.05, 3.63) is 47.7 Å². The molecule has 4 heteroatoms. The highest BCUT2D eigenvalue weighted by atomic mass is 16.5. The fourth-order valence-electron chi connectivity index (χ4n) is 2.71. The van der Waals surface area contributed by atoms with E-state index in [1.807, 2.05) is 12.1 Å². The highest BCUT2D eigenvalue weighted by Crippen LogP contribution is 2.14. The molecule has 0 bridgehead atoms. The molecule has 0 aromatic carbocycles. The van der Waals surface area contributed by atoms with Crippen molar-refractivity contribution < 1.29 is 9.15 Å². The number of furan rings is 1. The van der Waals surface area contributed by atoms with Gasteiger partial charge in [-0.05, 0) is 37.1 Å². The SMILES string of the molecule is Cn1c(CNCC2CCCO2)ccc1Cc1ccco1. The van der Waals surface area contributed by atoms with Gasteiger partial charge in [0, 0.05) is 44.6 Å². The molecule has 0 radical (unpaired) electrons. The second kappa shape index (κ2) is 6.29. The standard InChI is InChI=1S/C16H22N2O2/c1-18-13(10-15-4-2-8-19-15)6-7-14(18)11-17-12-16-5-3-9-20-16/h2,4,6-8,16-17H,3,5,9-12H2,1H3. The van der Waals surface area contributed by atoms with E-state index in [-0.39, 0.29) is 0 Å². The normalized spacial score (nSPS) is 18.8. The first-order valence-electron chi connectivity index (χ1n) is 7.31. The summed E-state index contributed by atoms with van der Waals surface area (Å²) in [6.45, 7) is 2.75. The maximum atomic E-state index is 5.61. The van der Waals surface area contributed by atoms with Gasteiger partial charge in [-0.3, -0.25) is 0 Å². The molecule has 4 nitrogen and oxygen atoms in total. The number of hydrogen-bond donors (Lipinski definition) is 1. The van der Waals surface area contributed by atoms with Crippen molar-refractivity contribution in [3.8, 4) is 0 Å². The molecule has 2 aromatic heterocycles. The number of rotatable bonds is 6. The van der Waals surface area contributed by atoms with Crippen LogP contribution in [0.15, 0.2) is 34.9 Å². The van der Waals surface area contributed by atoms with Crippen molar-refractivity contribution in [2.24, 2.45) is 7.05 Å². The minimum atomic E-state index is 0.401. The van der Waals surface area contributed by atoms with Gasteiger partial charge in [-0.25, -0.2) is 0 Å². The summed E-state index contributed by atoms with van der Waals surface area (Å²) in [7, 11) is 2.11. The molecular weight excluding hydrogens is 252 g/mol. The maximum Gasteiger partial charge on any atom is 0.109 e. The molecule has 1 atom stereocenters. The van der Waals surface area contributed by atoms with Crippen molar-refractivity contribution in [1.82, 2.24) is 9.88 Å². The van der Waals surface area contributed by atoms with Gasteiger partial charge in [-0.2, -0.15) is 0 Å². The van der Waals surface area contributed by atoms with Gasteiger partial charge in [0.25, 0.3) is 0 Å². The average Bonchev–Trinajstić information content (AvgIpc) is 3.17. The Morgan fingerprint density at radius 1 is 1.30 bits per heavy atom. The van der Waals surface area contributed by atoms with E-state index in [2.05, 4.69) is 29.1 Å². The monoisotopic (exact) mass is 274 g/mol. The Hall–Kier alpha value is -1.52. The summed E-state index contributed by atoms with van der Waals surface area (Å²) in [5.41, 5.74) is 2.57. The molecule has 1 aliphatic heterocycles. The molecule has 1 unspecified atom stereocenters. The Kier molecular flexibility index (Phi) is 4.23. The largest absolute Gasteiger partial charge is 0.469 e. The summed E-state index contributed by atoms with van der Waals surface area (Å²) in [4.78, 5) is 0. The van der Waals surface area contributed by atoms with E-state index in [1.54, 1.807) is 6.26 Å². The molecule has 0 aliphatic carbocycles. The zero-order chi connectivity index (χ0) is 13.8. The van der Waals surface area contributed by atoms with Crippen LogP contribution < -0.4 is 5.32 Å². The zero-order valence-corrected chi connectivity index (χ0v) is 12.0. The molecule has 1 saturated heterocycles. The Morgan fingerprint density at radius 2 is 2.20 bits per heavy atom. The molecular formula is C16H22N2O2. The fourth-order valence-corrected chi connectivity index (χ4v) is 2.71. The topological polar surface area (TPSA) is 39.3 Å². The van der Waals surface area contributed by atoms with Crippen LogP contribution in [0.5, 0.6) is 0 Å². The van der Waals surface area contributed by atoms with Crippen LogP contribution in [-0.2, 0) is 24.8 Å². The highest BCUT2D eigenvalue weighted by Gasteiger charge is 2.15. The summed E-state index contributed by atoms with van der Waals surface area (Å²) >= 11 is 0.